The first-order valence-corrected chi connectivity index (χ1v) is 9.96. The van der Waals surface area contributed by atoms with Gasteiger partial charge in [-0.05, 0) is 20.3 Å². The summed E-state index contributed by atoms with van der Waals surface area (Å²) in [4.78, 5) is 24.5. The number of carbonyl (C=O) groups excluding carboxylic acids is 1. The van der Waals surface area contributed by atoms with Crippen LogP contribution in [0.4, 0.5) is 5.82 Å². The van der Waals surface area contributed by atoms with Crippen molar-refractivity contribution >= 4 is 22.9 Å². The predicted molar refractivity (Wildman–Crippen MR) is 108 cm³/mol. The van der Waals surface area contributed by atoms with Crippen LogP contribution in [0.25, 0.3) is 11.2 Å². The van der Waals surface area contributed by atoms with Crippen molar-refractivity contribution in [2.45, 2.75) is 51.0 Å². The number of rotatable bonds is 6. The number of aryl methyl sites for hydroxylation is 2. The number of nitrogen functional groups attached to an aromatic ring is 1. The molecule has 1 aliphatic heterocycles. The molecule has 0 aliphatic carbocycles. The van der Waals surface area contributed by atoms with Crippen LogP contribution in [0.1, 0.15) is 29.5 Å². The van der Waals surface area contributed by atoms with Crippen LogP contribution in [0, 0.1) is 13.8 Å². The molecule has 1 saturated heterocycles. The molecule has 0 saturated carbocycles. The number of amides is 1. The molecule has 0 aromatic carbocycles. The van der Waals surface area contributed by atoms with E-state index >= 15 is 0 Å². The lowest BCUT2D eigenvalue weighted by Gasteiger charge is -2.38. The highest BCUT2D eigenvalue weighted by molar-refractivity contribution is 5.81. The average molecular weight is 431 g/mol. The first-order valence-electron chi connectivity index (χ1n) is 9.96. The molecule has 5 N–H and O–H groups in total. The minimum Gasteiger partial charge on any atom is -0.388 e. The van der Waals surface area contributed by atoms with Crippen LogP contribution in [-0.2, 0) is 16.0 Å². The first-order chi connectivity index (χ1) is 14.9. The van der Waals surface area contributed by atoms with Crippen LogP contribution >= 0.6 is 0 Å². The SMILES string of the molecule is Cc1noc(C)c1CCC(=O)NC[C@H]1OC[C@@H](n2cnc3c(N)ncnc32)[C@H](O)[C@@H]1O. The summed E-state index contributed by atoms with van der Waals surface area (Å²) in [5, 5.41) is 27.9. The van der Waals surface area contributed by atoms with Gasteiger partial charge in [-0.1, -0.05) is 5.16 Å². The molecular formula is C19H25N7O5. The van der Waals surface area contributed by atoms with Gasteiger partial charge in [-0.3, -0.25) is 4.79 Å². The second-order valence-corrected chi connectivity index (χ2v) is 7.61. The smallest absolute Gasteiger partial charge is 0.220 e. The van der Waals surface area contributed by atoms with Crippen LogP contribution in [0.15, 0.2) is 17.2 Å². The fourth-order valence-electron chi connectivity index (χ4n) is 3.80. The number of aliphatic hydroxyl groups excluding tert-OH is 2. The van der Waals surface area contributed by atoms with Gasteiger partial charge in [0.25, 0.3) is 0 Å². The molecule has 4 rings (SSSR count). The van der Waals surface area contributed by atoms with E-state index in [1.54, 1.807) is 11.5 Å². The fourth-order valence-corrected chi connectivity index (χ4v) is 3.80. The number of imidazole rings is 1. The Kier molecular flexibility index (Phi) is 5.85. The maximum Gasteiger partial charge on any atom is 0.220 e. The highest BCUT2D eigenvalue weighted by Crippen LogP contribution is 2.28. The van der Waals surface area contributed by atoms with E-state index in [0.29, 0.717) is 23.3 Å². The zero-order valence-electron chi connectivity index (χ0n) is 17.2. The van der Waals surface area contributed by atoms with Gasteiger partial charge in [-0.2, -0.15) is 0 Å². The number of carbonyl (C=O) groups is 1. The van der Waals surface area contributed by atoms with Crippen LogP contribution in [0.2, 0.25) is 0 Å². The molecule has 1 amide bonds. The molecule has 166 valence electrons. The number of hydrogen-bond donors (Lipinski definition) is 4. The van der Waals surface area contributed by atoms with Crippen molar-refractivity contribution in [3.05, 3.63) is 29.7 Å². The van der Waals surface area contributed by atoms with Crippen molar-refractivity contribution in [3.63, 3.8) is 0 Å². The summed E-state index contributed by atoms with van der Waals surface area (Å²) >= 11 is 0. The molecule has 0 unspecified atom stereocenters. The maximum absolute atomic E-state index is 12.2. The van der Waals surface area contributed by atoms with Crippen molar-refractivity contribution in [1.29, 1.82) is 0 Å². The number of anilines is 1. The summed E-state index contributed by atoms with van der Waals surface area (Å²) in [5.41, 5.74) is 8.34. The monoisotopic (exact) mass is 431 g/mol. The Hall–Kier alpha value is -3.09. The molecular weight excluding hydrogens is 406 g/mol. The number of nitrogens with one attached hydrogen (secondary N) is 1. The van der Waals surface area contributed by atoms with Gasteiger partial charge in [0.15, 0.2) is 11.5 Å². The van der Waals surface area contributed by atoms with Crippen LogP contribution in [0.5, 0.6) is 0 Å². The molecule has 0 radical (unpaired) electrons. The average Bonchev–Trinajstić information content (AvgIpc) is 3.32. The molecule has 1 fully saturated rings. The van der Waals surface area contributed by atoms with E-state index in [1.165, 1.54) is 12.7 Å². The lowest BCUT2D eigenvalue weighted by atomic mass is 9.97. The van der Waals surface area contributed by atoms with E-state index in [0.717, 1.165) is 11.3 Å². The third-order valence-corrected chi connectivity index (χ3v) is 5.63. The van der Waals surface area contributed by atoms with Gasteiger partial charge < -0.3 is 35.1 Å². The molecule has 0 bridgehead atoms. The molecule has 3 aromatic rings. The lowest BCUT2D eigenvalue weighted by molar-refractivity contribution is -0.158. The zero-order valence-corrected chi connectivity index (χ0v) is 17.2. The molecule has 12 nitrogen and oxygen atoms in total. The summed E-state index contributed by atoms with van der Waals surface area (Å²) in [6.07, 6.45) is 0.442. The van der Waals surface area contributed by atoms with Crippen molar-refractivity contribution in [2.24, 2.45) is 0 Å². The van der Waals surface area contributed by atoms with Gasteiger partial charge in [-0.25, -0.2) is 15.0 Å². The lowest BCUT2D eigenvalue weighted by Crippen LogP contribution is -2.54. The summed E-state index contributed by atoms with van der Waals surface area (Å²) in [5.74, 6) is 0.734. The van der Waals surface area contributed by atoms with E-state index in [4.69, 9.17) is 15.0 Å². The fraction of sp³-hybridized carbons (Fsp3) is 0.526. The Balaban J connectivity index is 1.34. The predicted octanol–water partition coefficient (Wildman–Crippen LogP) is -0.576. The van der Waals surface area contributed by atoms with Crippen molar-refractivity contribution in [2.75, 3.05) is 18.9 Å². The van der Waals surface area contributed by atoms with Crippen LogP contribution < -0.4 is 11.1 Å². The summed E-state index contributed by atoms with van der Waals surface area (Å²) in [6, 6.07) is -0.610. The number of aliphatic hydroxyl groups is 2. The standard InChI is InChI=1S/C19H25N7O5/c1-9-11(10(2)31-25-9)3-4-14(27)21-5-13-17(29)16(28)12(6-30-13)26-8-24-15-18(20)22-7-23-19(15)26/h7-8,12-13,16-17,28-29H,3-6H2,1-2H3,(H,21,27)(H2,20,22,23)/t12-,13-,16+,17-/m1/s1. The summed E-state index contributed by atoms with van der Waals surface area (Å²) < 4.78 is 12.5. The van der Waals surface area contributed by atoms with Crippen LogP contribution in [0.3, 0.4) is 0 Å². The number of ether oxygens (including phenoxy) is 1. The van der Waals surface area contributed by atoms with E-state index in [9.17, 15) is 15.0 Å². The largest absolute Gasteiger partial charge is 0.388 e. The minimum absolute atomic E-state index is 0.0746. The normalized spacial score (nSPS) is 23.9. The molecule has 0 spiro atoms. The third-order valence-electron chi connectivity index (χ3n) is 5.63. The highest BCUT2D eigenvalue weighted by atomic mass is 16.5. The number of nitrogens with two attached hydrogens (primary N) is 1. The zero-order chi connectivity index (χ0) is 22.1. The third kappa shape index (κ3) is 4.09. The van der Waals surface area contributed by atoms with Gasteiger partial charge in [0.2, 0.25) is 5.91 Å². The highest BCUT2D eigenvalue weighted by Gasteiger charge is 2.40. The first kappa shape index (κ1) is 21.2. The quantitative estimate of drug-likeness (QED) is 0.395. The van der Waals surface area contributed by atoms with Crippen molar-refractivity contribution < 1.29 is 24.3 Å². The molecule has 12 heteroatoms. The van der Waals surface area contributed by atoms with E-state index in [-0.39, 0.29) is 31.3 Å². The molecule has 3 aromatic heterocycles. The Bertz CT molecular complexity index is 1060. The Morgan fingerprint density at radius 1 is 1.29 bits per heavy atom. The summed E-state index contributed by atoms with van der Waals surface area (Å²) in [6.45, 7) is 3.82. The van der Waals surface area contributed by atoms with E-state index in [2.05, 4.69) is 25.4 Å². The maximum atomic E-state index is 12.2. The molecule has 4 atom stereocenters. The van der Waals surface area contributed by atoms with E-state index in [1.807, 2.05) is 6.92 Å². The topological polar surface area (TPSA) is 174 Å². The van der Waals surface area contributed by atoms with Crippen LogP contribution in [-0.4, -0.2) is 72.3 Å². The Labute approximate surface area is 177 Å². The molecule has 31 heavy (non-hydrogen) atoms. The summed E-state index contributed by atoms with van der Waals surface area (Å²) in [7, 11) is 0. The second kappa shape index (κ2) is 8.57. The molecule has 4 heterocycles. The number of aromatic nitrogens is 5. The minimum atomic E-state index is -1.21. The van der Waals surface area contributed by atoms with Gasteiger partial charge in [0.05, 0.1) is 24.7 Å². The van der Waals surface area contributed by atoms with Gasteiger partial charge in [-0.15, -0.1) is 0 Å². The van der Waals surface area contributed by atoms with Gasteiger partial charge in [0, 0.05) is 18.5 Å². The van der Waals surface area contributed by atoms with Gasteiger partial charge in [0.1, 0.15) is 35.9 Å². The van der Waals surface area contributed by atoms with Crippen molar-refractivity contribution in [1.82, 2.24) is 30.0 Å². The van der Waals surface area contributed by atoms with E-state index < -0.39 is 24.4 Å². The Morgan fingerprint density at radius 3 is 2.84 bits per heavy atom. The number of hydrogen-bond acceptors (Lipinski definition) is 10. The second-order valence-electron chi connectivity index (χ2n) is 7.61. The Morgan fingerprint density at radius 2 is 2.10 bits per heavy atom. The number of nitrogens with zero attached hydrogens (tertiary/aromatic N) is 5. The molecule has 1 aliphatic rings. The van der Waals surface area contributed by atoms with Crippen molar-refractivity contribution in [3.8, 4) is 0 Å². The number of fused-ring (bicyclic) bond motifs is 1. The van der Waals surface area contributed by atoms with Gasteiger partial charge >= 0.3 is 0 Å².